The van der Waals surface area contributed by atoms with E-state index in [1.807, 2.05) is 36.5 Å². The van der Waals surface area contributed by atoms with E-state index >= 15 is 0 Å². The molecular formula is C25H27FN4O. The summed E-state index contributed by atoms with van der Waals surface area (Å²) >= 11 is 0. The van der Waals surface area contributed by atoms with Crippen LogP contribution in [0.4, 0.5) is 4.39 Å². The van der Waals surface area contributed by atoms with Crippen molar-refractivity contribution >= 4 is 11.0 Å². The lowest BCUT2D eigenvalue weighted by Crippen LogP contribution is -2.34. The standard InChI is InChI=1S/C25H27FN4O/c1-31-24-7-3-2-5-18(24)15-25-28-22-16-19(26)8-9-23(22)30(25)21-10-13-29(14-11-21)17-20-6-4-12-27-20/h2-9,12,16,21,27H,10-11,13-15,17H2,1H3. The van der Waals surface area contributed by atoms with E-state index in [2.05, 4.69) is 26.6 Å². The quantitative estimate of drug-likeness (QED) is 0.482. The number of hydrogen-bond donors (Lipinski definition) is 1. The van der Waals surface area contributed by atoms with Crippen molar-refractivity contribution in [2.24, 2.45) is 0 Å². The minimum absolute atomic E-state index is 0.248. The maximum absolute atomic E-state index is 13.9. The number of aromatic amines is 1. The van der Waals surface area contributed by atoms with E-state index in [1.54, 1.807) is 7.11 Å². The molecule has 2 aromatic carbocycles. The molecule has 5 nitrogen and oxygen atoms in total. The molecule has 0 spiro atoms. The van der Waals surface area contributed by atoms with Crippen LogP contribution in [0.2, 0.25) is 0 Å². The van der Waals surface area contributed by atoms with Crippen LogP contribution in [-0.2, 0) is 13.0 Å². The van der Waals surface area contributed by atoms with E-state index in [4.69, 9.17) is 9.72 Å². The second-order valence-electron chi connectivity index (χ2n) is 8.22. The van der Waals surface area contributed by atoms with Crippen LogP contribution in [0.5, 0.6) is 5.75 Å². The Balaban J connectivity index is 1.44. The van der Waals surface area contributed by atoms with Crippen molar-refractivity contribution in [3.05, 3.63) is 83.7 Å². The highest BCUT2D eigenvalue weighted by Crippen LogP contribution is 2.32. The van der Waals surface area contributed by atoms with Gasteiger partial charge >= 0.3 is 0 Å². The maximum atomic E-state index is 13.9. The summed E-state index contributed by atoms with van der Waals surface area (Å²) in [5, 5.41) is 0. The van der Waals surface area contributed by atoms with Gasteiger partial charge in [0.05, 0.1) is 18.1 Å². The fourth-order valence-electron chi connectivity index (χ4n) is 4.72. The average Bonchev–Trinajstić information content (AvgIpc) is 3.42. The Morgan fingerprint density at radius 3 is 2.71 bits per heavy atom. The second-order valence-corrected chi connectivity index (χ2v) is 8.22. The smallest absolute Gasteiger partial charge is 0.125 e. The first-order chi connectivity index (χ1) is 15.2. The maximum Gasteiger partial charge on any atom is 0.125 e. The number of nitrogens with one attached hydrogen (secondary N) is 1. The lowest BCUT2D eigenvalue weighted by atomic mass is 10.0. The molecule has 3 heterocycles. The monoisotopic (exact) mass is 418 g/mol. The lowest BCUT2D eigenvalue weighted by molar-refractivity contribution is 0.178. The van der Waals surface area contributed by atoms with E-state index in [1.165, 1.54) is 17.8 Å². The predicted molar refractivity (Wildman–Crippen MR) is 120 cm³/mol. The van der Waals surface area contributed by atoms with Crippen LogP contribution in [0.1, 0.15) is 36.0 Å². The Bertz CT molecular complexity index is 1160. The summed E-state index contributed by atoms with van der Waals surface area (Å²) in [4.78, 5) is 10.6. The number of halogens is 1. The molecular weight excluding hydrogens is 391 g/mol. The molecule has 1 aliphatic rings. The van der Waals surface area contributed by atoms with Crippen LogP contribution in [0.15, 0.2) is 60.8 Å². The first kappa shape index (κ1) is 19.8. The van der Waals surface area contributed by atoms with Crippen molar-refractivity contribution in [2.75, 3.05) is 20.2 Å². The Kier molecular flexibility index (Phi) is 5.47. The summed E-state index contributed by atoms with van der Waals surface area (Å²) in [7, 11) is 1.69. The van der Waals surface area contributed by atoms with Gasteiger partial charge in [-0.05, 0) is 43.2 Å². The molecule has 2 aromatic heterocycles. The van der Waals surface area contributed by atoms with Crippen LogP contribution >= 0.6 is 0 Å². The summed E-state index contributed by atoms with van der Waals surface area (Å²) in [6.45, 7) is 3.00. The third kappa shape index (κ3) is 4.08. The number of rotatable bonds is 6. The molecule has 1 saturated heterocycles. The van der Waals surface area contributed by atoms with Crippen molar-refractivity contribution in [1.29, 1.82) is 0 Å². The molecule has 0 atom stereocenters. The first-order valence-electron chi connectivity index (χ1n) is 10.8. The molecule has 0 saturated carbocycles. The number of methoxy groups -OCH3 is 1. The zero-order chi connectivity index (χ0) is 21.2. The number of likely N-dealkylation sites (tertiary alicyclic amines) is 1. The van der Waals surface area contributed by atoms with E-state index in [0.29, 0.717) is 12.5 Å². The first-order valence-corrected chi connectivity index (χ1v) is 10.8. The lowest BCUT2D eigenvalue weighted by Gasteiger charge is -2.33. The van der Waals surface area contributed by atoms with Crippen LogP contribution in [-0.4, -0.2) is 39.6 Å². The third-order valence-corrected chi connectivity index (χ3v) is 6.24. The number of nitrogens with zero attached hydrogens (tertiary/aromatic N) is 3. The highest BCUT2D eigenvalue weighted by atomic mass is 19.1. The molecule has 1 fully saturated rings. The van der Waals surface area contributed by atoms with Crippen molar-refractivity contribution in [1.82, 2.24) is 19.4 Å². The van der Waals surface area contributed by atoms with Crippen LogP contribution in [0.25, 0.3) is 11.0 Å². The molecule has 0 amide bonds. The molecule has 0 bridgehead atoms. The van der Waals surface area contributed by atoms with Gasteiger partial charge in [0, 0.05) is 55.6 Å². The number of ether oxygens (including phenoxy) is 1. The zero-order valence-corrected chi connectivity index (χ0v) is 17.7. The van der Waals surface area contributed by atoms with Gasteiger partial charge in [-0.3, -0.25) is 4.90 Å². The highest BCUT2D eigenvalue weighted by Gasteiger charge is 2.25. The SMILES string of the molecule is COc1ccccc1Cc1nc2cc(F)ccc2n1C1CCN(Cc2ccc[nH]2)CC1. The van der Waals surface area contributed by atoms with E-state index in [0.717, 1.165) is 60.6 Å². The number of para-hydroxylation sites is 1. The number of piperidine rings is 1. The fraction of sp³-hybridized carbons (Fsp3) is 0.320. The van der Waals surface area contributed by atoms with E-state index in [9.17, 15) is 4.39 Å². The summed E-state index contributed by atoms with van der Waals surface area (Å²) in [6, 6.07) is 17.5. The zero-order valence-electron chi connectivity index (χ0n) is 17.7. The number of aromatic nitrogens is 3. The number of fused-ring (bicyclic) bond motifs is 1. The summed E-state index contributed by atoms with van der Waals surface area (Å²) in [5.41, 5.74) is 4.07. The molecule has 1 aliphatic heterocycles. The highest BCUT2D eigenvalue weighted by molar-refractivity contribution is 5.76. The summed E-state index contributed by atoms with van der Waals surface area (Å²) in [5.74, 6) is 1.57. The largest absolute Gasteiger partial charge is 0.496 e. The number of H-pyrrole nitrogens is 1. The molecule has 0 unspecified atom stereocenters. The van der Waals surface area contributed by atoms with Gasteiger partial charge in [0.1, 0.15) is 17.4 Å². The number of imidazole rings is 1. The molecule has 4 aromatic rings. The predicted octanol–water partition coefficient (Wildman–Crippen LogP) is 4.94. The molecule has 0 radical (unpaired) electrons. The second kappa shape index (κ2) is 8.55. The Morgan fingerprint density at radius 1 is 1.10 bits per heavy atom. The summed E-state index contributed by atoms with van der Waals surface area (Å²) < 4.78 is 21.8. The Morgan fingerprint density at radius 2 is 1.94 bits per heavy atom. The van der Waals surface area contributed by atoms with Gasteiger partial charge in [0.2, 0.25) is 0 Å². The van der Waals surface area contributed by atoms with Crippen molar-refractivity contribution in [3.8, 4) is 5.75 Å². The van der Waals surface area contributed by atoms with Crippen molar-refractivity contribution in [2.45, 2.75) is 31.8 Å². The Hall–Kier alpha value is -3.12. The molecule has 6 heteroatoms. The minimum atomic E-state index is -0.248. The fourth-order valence-corrected chi connectivity index (χ4v) is 4.72. The van der Waals surface area contributed by atoms with Gasteiger partial charge < -0.3 is 14.3 Å². The van der Waals surface area contributed by atoms with Crippen LogP contribution < -0.4 is 4.74 Å². The van der Waals surface area contributed by atoms with Gasteiger partial charge in [0.25, 0.3) is 0 Å². The number of benzene rings is 2. The van der Waals surface area contributed by atoms with Crippen LogP contribution in [0, 0.1) is 5.82 Å². The minimum Gasteiger partial charge on any atom is -0.496 e. The molecule has 5 rings (SSSR count). The van der Waals surface area contributed by atoms with Crippen LogP contribution in [0.3, 0.4) is 0 Å². The topological polar surface area (TPSA) is 46.1 Å². The molecule has 160 valence electrons. The van der Waals surface area contributed by atoms with E-state index < -0.39 is 0 Å². The van der Waals surface area contributed by atoms with Gasteiger partial charge in [-0.25, -0.2) is 9.37 Å². The number of hydrogen-bond acceptors (Lipinski definition) is 3. The summed E-state index contributed by atoms with van der Waals surface area (Å²) in [6.07, 6.45) is 4.72. The van der Waals surface area contributed by atoms with Gasteiger partial charge in [0.15, 0.2) is 0 Å². The van der Waals surface area contributed by atoms with Gasteiger partial charge in [-0.15, -0.1) is 0 Å². The molecule has 31 heavy (non-hydrogen) atoms. The molecule has 0 aliphatic carbocycles. The van der Waals surface area contributed by atoms with Gasteiger partial charge in [-0.2, -0.15) is 0 Å². The van der Waals surface area contributed by atoms with Crippen molar-refractivity contribution in [3.63, 3.8) is 0 Å². The third-order valence-electron chi connectivity index (χ3n) is 6.24. The Labute approximate surface area is 181 Å². The molecule has 1 N–H and O–H groups in total. The van der Waals surface area contributed by atoms with Crippen molar-refractivity contribution < 1.29 is 9.13 Å². The normalized spacial score (nSPS) is 15.5. The average molecular weight is 419 g/mol. The van der Waals surface area contributed by atoms with Gasteiger partial charge in [-0.1, -0.05) is 18.2 Å². The van der Waals surface area contributed by atoms with E-state index in [-0.39, 0.29) is 5.82 Å².